The zero-order chi connectivity index (χ0) is 14.0. The summed E-state index contributed by atoms with van der Waals surface area (Å²) in [5.41, 5.74) is 0. The molecule has 2 saturated carbocycles. The van der Waals surface area contributed by atoms with Crippen molar-refractivity contribution in [2.45, 2.75) is 37.4 Å². The van der Waals surface area contributed by atoms with Crippen LogP contribution in [0.2, 0.25) is 0 Å². The number of benzene rings is 1. The average Bonchev–Trinajstić information content (AvgIpc) is 2.69. The molecule has 4 heteroatoms. The van der Waals surface area contributed by atoms with Gasteiger partial charge >= 0.3 is 0 Å². The molecule has 4 bridgehead atoms. The van der Waals surface area contributed by atoms with Gasteiger partial charge in [0.05, 0.1) is 17.9 Å². The van der Waals surface area contributed by atoms with Crippen LogP contribution < -0.4 is 5.30 Å². The normalized spacial score (nSPS) is 50.1. The van der Waals surface area contributed by atoms with E-state index < -0.39 is 7.37 Å². The van der Waals surface area contributed by atoms with Gasteiger partial charge in [0.15, 0.2) is 0 Å². The molecular formula is C16H21O3P. The zero-order valence-electron chi connectivity index (χ0n) is 11.7. The molecule has 3 fully saturated rings. The third kappa shape index (κ3) is 1.41. The van der Waals surface area contributed by atoms with Crippen molar-refractivity contribution in [3.05, 3.63) is 30.3 Å². The lowest BCUT2D eigenvalue weighted by Gasteiger charge is -2.54. The maximum absolute atomic E-state index is 13.8. The Morgan fingerprint density at radius 3 is 2.80 bits per heavy atom. The Balaban J connectivity index is 1.86. The van der Waals surface area contributed by atoms with Crippen LogP contribution in [0.3, 0.4) is 0 Å². The monoisotopic (exact) mass is 292 g/mol. The minimum atomic E-state index is -2.86. The van der Waals surface area contributed by atoms with Crippen molar-refractivity contribution in [1.82, 2.24) is 0 Å². The summed E-state index contributed by atoms with van der Waals surface area (Å²) in [4.78, 5) is 0. The van der Waals surface area contributed by atoms with Gasteiger partial charge in [-0.2, -0.15) is 0 Å². The van der Waals surface area contributed by atoms with E-state index in [2.05, 4.69) is 6.92 Å². The first-order valence-electron chi connectivity index (χ1n) is 7.56. The minimum absolute atomic E-state index is 0.171. The van der Waals surface area contributed by atoms with Crippen LogP contribution >= 0.6 is 7.37 Å². The molecule has 1 N–H and O–H groups in total. The minimum Gasteiger partial charge on any atom is -0.393 e. The fourth-order valence-electron chi connectivity index (χ4n) is 5.00. The topological polar surface area (TPSA) is 46.5 Å². The fraction of sp³-hybridized carbons (Fsp3) is 0.625. The first-order chi connectivity index (χ1) is 9.57. The molecule has 108 valence electrons. The molecule has 0 spiro atoms. The number of rotatable bonds is 1. The number of aliphatic hydroxyl groups is 1. The first-order valence-corrected chi connectivity index (χ1v) is 9.18. The van der Waals surface area contributed by atoms with Crippen LogP contribution in [0.25, 0.3) is 0 Å². The van der Waals surface area contributed by atoms with E-state index in [1.165, 1.54) is 0 Å². The number of aliphatic hydroxyl groups excluding tert-OH is 1. The summed E-state index contributed by atoms with van der Waals surface area (Å²) in [5, 5.41) is 10.9. The smallest absolute Gasteiger partial charge is 0.238 e. The molecule has 4 rings (SSSR count). The molecule has 20 heavy (non-hydrogen) atoms. The van der Waals surface area contributed by atoms with Crippen LogP contribution in [0, 0.1) is 17.8 Å². The lowest BCUT2D eigenvalue weighted by molar-refractivity contribution is -0.0307. The second kappa shape index (κ2) is 4.19. The first kappa shape index (κ1) is 13.1. The van der Waals surface area contributed by atoms with Crippen molar-refractivity contribution in [2.75, 3.05) is 6.61 Å². The second-order valence-electron chi connectivity index (χ2n) is 6.76. The SMILES string of the molecule is CC12C3CCC1[C@@H](COP2(=O)c1ccccc1)[C@@H](O)C3. The van der Waals surface area contributed by atoms with Gasteiger partial charge in [-0.25, -0.2) is 0 Å². The van der Waals surface area contributed by atoms with Gasteiger partial charge in [-0.3, -0.25) is 4.57 Å². The van der Waals surface area contributed by atoms with Gasteiger partial charge in [0.2, 0.25) is 7.37 Å². The van der Waals surface area contributed by atoms with Crippen molar-refractivity contribution in [2.24, 2.45) is 17.8 Å². The van der Waals surface area contributed by atoms with E-state index in [4.69, 9.17) is 4.52 Å². The van der Waals surface area contributed by atoms with E-state index in [0.717, 1.165) is 24.6 Å². The van der Waals surface area contributed by atoms with E-state index in [0.29, 0.717) is 18.4 Å². The molecule has 3 aliphatic rings. The van der Waals surface area contributed by atoms with E-state index in [-0.39, 0.29) is 17.2 Å². The molecule has 1 aliphatic heterocycles. The van der Waals surface area contributed by atoms with Gasteiger partial charge < -0.3 is 9.63 Å². The van der Waals surface area contributed by atoms with Crippen LogP contribution in [-0.2, 0) is 9.09 Å². The van der Waals surface area contributed by atoms with Crippen LogP contribution in [0.1, 0.15) is 26.2 Å². The predicted molar refractivity (Wildman–Crippen MR) is 78.4 cm³/mol. The van der Waals surface area contributed by atoms with Gasteiger partial charge in [0, 0.05) is 11.2 Å². The van der Waals surface area contributed by atoms with Crippen LogP contribution in [0.15, 0.2) is 30.3 Å². The Morgan fingerprint density at radius 1 is 1.30 bits per heavy atom. The van der Waals surface area contributed by atoms with Crippen molar-refractivity contribution in [3.63, 3.8) is 0 Å². The van der Waals surface area contributed by atoms with Gasteiger partial charge in [-0.15, -0.1) is 0 Å². The molecule has 1 saturated heterocycles. The molecule has 0 amide bonds. The molecule has 6 atom stereocenters. The highest BCUT2D eigenvalue weighted by Gasteiger charge is 2.67. The summed E-state index contributed by atoms with van der Waals surface area (Å²) < 4.78 is 19.7. The highest BCUT2D eigenvalue weighted by atomic mass is 31.2. The van der Waals surface area contributed by atoms with Crippen LogP contribution in [-0.4, -0.2) is 23.0 Å². The molecule has 0 aromatic heterocycles. The predicted octanol–water partition coefficient (Wildman–Crippen LogP) is 2.79. The summed E-state index contributed by atoms with van der Waals surface area (Å²) in [5.74, 6) is 0.839. The molecule has 4 unspecified atom stereocenters. The molecule has 1 aromatic carbocycles. The molecule has 3 nitrogen and oxygen atoms in total. The fourth-order valence-corrected chi connectivity index (χ4v) is 8.40. The summed E-state index contributed by atoms with van der Waals surface area (Å²) in [7, 11) is -2.86. The molecular weight excluding hydrogens is 271 g/mol. The Labute approximate surface area is 119 Å². The van der Waals surface area contributed by atoms with Crippen LogP contribution in [0.4, 0.5) is 0 Å². The van der Waals surface area contributed by atoms with Crippen molar-refractivity contribution >= 4 is 12.7 Å². The van der Waals surface area contributed by atoms with Gasteiger partial charge in [-0.05, 0) is 50.2 Å². The van der Waals surface area contributed by atoms with E-state index in [1.54, 1.807) is 0 Å². The molecule has 1 heterocycles. The number of hydrogen-bond donors (Lipinski definition) is 1. The van der Waals surface area contributed by atoms with E-state index in [9.17, 15) is 9.67 Å². The van der Waals surface area contributed by atoms with Crippen molar-refractivity contribution in [1.29, 1.82) is 0 Å². The van der Waals surface area contributed by atoms with Crippen LogP contribution in [0.5, 0.6) is 0 Å². The molecule has 2 aliphatic carbocycles. The Kier molecular flexibility index (Phi) is 2.74. The highest BCUT2D eigenvalue weighted by molar-refractivity contribution is 7.68. The maximum atomic E-state index is 13.8. The van der Waals surface area contributed by atoms with Gasteiger partial charge in [-0.1, -0.05) is 18.2 Å². The summed E-state index contributed by atoms with van der Waals surface area (Å²) in [6.45, 7) is 2.60. The van der Waals surface area contributed by atoms with E-state index in [1.807, 2.05) is 30.3 Å². The third-order valence-electron chi connectivity index (χ3n) is 6.12. The summed E-state index contributed by atoms with van der Waals surface area (Å²) in [6.07, 6.45) is 2.68. The zero-order valence-corrected chi connectivity index (χ0v) is 12.6. The second-order valence-corrected chi connectivity index (χ2v) is 9.60. The van der Waals surface area contributed by atoms with E-state index >= 15 is 0 Å². The highest BCUT2D eigenvalue weighted by Crippen LogP contribution is 2.74. The quantitative estimate of drug-likeness (QED) is 0.810. The van der Waals surface area contributed by atoms with Crippen molar-refractivity contribution in [3.8, 4) is 0 Å². The Morgan fingerprint density at radius 2 is 2.05 bits per heavy atom. The number of hydrogen-bond acceptors (Lipinski definition) is 3. The Bertz CT molecular complexity index is 572. The Hall–Kier alpha value is -0.630. The molecule has 0 radical (unpaired) electrons. The maximum Gasteiger partial charge on any atom is 0.238 e. The standard InChI is InChI=1S/C16H21O3P/c1-16-11-7-8-14(16)13(15(17)9-11)10-19-20(16,18)12-5-3-2-4-6-12/h2-6,11,13-15,17H,7-10H2,1H3/t11?,13-,14?,15+,16?,20?/m1/s1. The third-order valence-corrected chi connectivity index (χ3v) is 9.58. The lowest BCUT2D eigenvalue weighted by atomic mass is 9.71. The largest absolute Gasteiger partial charge is 0.393 e. The van der Waals surface area contributed by atoms with Crippen molar-refractivity contribution < 1.29 is 14.2 Å². The van der Waals surface area contributed by atoms with Gasteiger partial charge in [0.25, 0.3) is 0 Å². The average molecular weight is 292 g/mol. The molecule has 1 aromatic rings. The summed E-state index contributed by atoms with van der Waals surface area (Å²) in [6, 6.07) is 9.71. The summed E-state index contributed by atoms with van der Waals surface area (Å²) >= 11 is 0. The lowest BCUT2D eigenvalue weighted by Crippen LogP contribution is -2.55. The van der Waals surface area contributed by atoms with Gasteiger partial charge in [0.1, 0.15) is 0 Å².